The Morgan fingerprint density at radius 2 is 2.05 bits per heavy atom. The molecule has 1 atom stereocenters. The molecule has 1 aromatic rings. The lowest BCUT2D eigenvalue weighted by molar-refractivity contribution is -0.140. The second-order valence-corrected chi connectivity index (χ2v) is 6.40. The van der Waals surface area contributed by atoms with E-state index in [1.807, 2.05) is 0 Å². The molecule has 0 spiro atoms. The molecular weight excluding hydrogens is 286 g/mol. The molecule has 0 aliphatic heterocycles. The van der Waals surface area contributed by atoms with Crippen molar-refractivity contribution in [2.45, 2.75) is 12.7 Å². The van der Waals surface area contributed by atoms with Crippen LogP contribution in [0.3, 0.4) is 0 Å². The van der Waals surface area contributed by atoms with Crippen molar-refractivity contribution in [2.75, 3.05) is 20.0 Å². The summed E-state index contributed by atoms with van der Waals surface area (Å²) in [5.41, 5.74) is 0.199. The van der Waals surface area contributed by atoms with Crippen LogP contribution in [-0.2, 0) is 20.4 Å². The van der Waals surface area contributed by atoms with Crippen LogP contribution in [0.4, 0.5) is 0 Å². The topological polar surface area (TPSA) is 103 Å². The molecule has 1 N–H and O–H groups in total. The Hall–Kier alpha value is -1.83. The Bertz CT molecular complexity index is 584. The minimum atomic E-state index is -3.62. The van der Waals surface area contributed by atoms with E-state index in [9.17, 15) is 13.2 Å². The Kier molecular flexibility index (Phi) is 5.32. The van der Waals surface area contributed by atoms with Crippen LogP contribution in [-0.4, -0.2) is 44.5 Å². The quantitative estimate of drug-likeness (QED) is 0.792. The summed E-state index contributed by atoms with van der Waals surface area (Å²) >= 11 is 0. The van der Waals surface area contributed by atoms with Crippen molar-refractivity contribution >= 4 is 15.8 Å². The van der Waals surface area contributed by atoms with Crippen LogP contribution in [0.5, 0.6) is 11.5 Å². The third kappa shape index (κ3) is 4.09. The standard InChI is InChI=1S/C12H17NO6S/c1-8(12(14)15)6-20(16,17)7-9-11(19-3)10(18-2)4-5-13-9/h4-5,8H,6-7H2,1-3H3,(H,14,15). The molecule has 20 heavy (non-hydrogen) atoms. The average Bonchev–Trinajstić information content (AvgIpc) is 2.37. The summed E-state index contributed by atoms with van der Waals surface area (Å²) in [4.78, 5) is 14.7. The first kappa shape index (κ1) is 16.2. The molecule has 0 saturated heterocycles. The molecule has 8 heteroatoms. The highest BCUT2D eigenvalue weighted by molar-refractivity contribution is 7.90. The Morgan fingerprint density at radius 1 is 1.40 bits per heavy atom. The molecule has 0 radical (unpaired) electrons. The fraction of sp³-hybridized carbons (Fsp3) is 0.500. The smallest absolute Gasteiger partial charge is 0.307 e. The SMILES string of the molecule is COc1ccnc(CS(=O)(=O)CC(C)C(=O)O)c1OC. The van der Waals surface area contributed by atoms with E-state index in [4.69, 9.17) is 14.6 Å². The van der Waals surface area contributed by atoms with Gasteiger partial charge < -0.3 is 14.6 Å². The van der Waals surface area contributed by atoms with Gasteiger partial charge in [0.15, 0.2) is 21.3 Å². The minimum Gasteiger partial charge on any atom is -0.493 e. The number of methoxy groups -OCH3 is 2. The van der Waals surface area contributed by atoms with Gasteiger partial charge >= 0.3 is 5.97 Å². The summed E-state index contributed by atoms with van der Waals surface area (Å²) in [5, 5.41) is 8.77. The highest BCUT2D eigenvalue weighted by Gasteiger charge is 2.24. The van der Waals surface area contributed by atoms with Crippen LogP contribution in [0.1, 0.15) is 12.6 Å². The first-order valence-electron chi connectivity index (χ1n) is 5.79. The Labute approximate surface area is 117 Å². The van der Waals surface area contributed by atoms with Crippen LogP contribution in [0.15, 0.2) is 12.3 Å². The van der Waals surface area contributed by atoms with E-state index in [1.54, 1.807) is 6.07 Å². The molecule has 112 valence electrons. The van der Waals surface area contributed by atoms with Gasteiger partial charge in [0, 0.05) is 12.3 Å². The van der Waals surface area contributed by atoms with Gasteiger partial charge in [-0.2, -0.15) is 0 Å². The molecule has 0 aliphatic carbocycles. The first-order valence-corrected chi connectivity index (χ1v) is 7.62. The van der Waals surface area contributed by atoms with Crippen molar-refractivity contribution in [1.82, 2.24) is 4.98 Å². The number of carbonyl (C=O) groups is 1. The highest BCUT2D eigenvalue weighted by Crippen LogP contribution is 2.30. The molecule has 0 aromatic carbocycles. The summed E-state index contributed by atoms with van der Waals surface area (Å²) in [6, 6.07) is 1.55. The molecule has 1 heterocycles. The van der Waals surface area contributed by atoms with Crippen molar-refractivity contribution < 1.29 is 27.8 Å². The monoisotopic (exact) mass is 303 g/mol. The summed E-state index contributed by atoms with van der Waals surface area (Å²) in [5.74, 6) is -2.37. The van der Waals surface area contributed by atoms with E-state index in [0.717, 1.165) is 0 Å². The number of ether oxygens (including phenoxy) is 2. The van der Waals surface area contributed by atoms with Gasteiger partial charge in [0.2, 0.25) is 0 Å². The normalized spacial score (nSPS) is 12.8. The lowest BCUT2D eigenvalue weighted by Crippen LogP contribution is -2.22. The Balaban J connectivity index is 3.01. The van der Waals surface area contributed by atoms with Gasteiger partial charge in [-0.15, -0.1) is 0 Å². The van der Waals surface area contributed by atoms with Gasteiger partial charge in [0.25, 0.3) is 0 Å². The number of carboxylic acids is 1. The van der Waals surface area contributed by atoms with Crippen LogP contribution >= 0.6 is 0 Å². The number of aromatic nitrogens is 1. The zero-order valence-corrected chi connectivity index (χ0v) is 12.3. The average molecular weight is 303 g/mol. The second kappa shape index (κ2) is 6.56. The van der Waals surface area contributed by atoms with Gasteiger partial charge in [-0.05, 0) is 0 Å². The molecule has 0 bridgehead atoms. The van der Waals surface area contributed by atoms with Gasteiger partial charge in [-0.1, -0.05) is 6.92 Å². The third-order valence-corrected chi connectivity index (χ3v) is 4.37. The number of sulfone groups is 1. The van der Waals surface area contributed by atoms with Crippen molar-refractivity contribution in [3.05, 3.63) is 18.0 Å². The zero-order valence-electron chi connectivity index (χ0n) is 11.5. The summed E-state index contributed by atoms with van der Waals surface area (Å²) < 4.78 is 34.1. The van der Waals surface area contributed by atoms with Crippen LogP contribution in [0, 0.1) is 5.92 Å². The van der Waals surface area contributed by atoms with E-state index in [1.165, 1.54) is 27.3 Å². The fourth-order valence-electron chi connectivity index (χ4n) is 1.67. The van der Waals surface area contributed by atoms with E-state index >= 15 is 0 Å². The van der Waals surface area contributed by atoms with Gasteiger partial charge in [0.1, 0.15) is 5.69 Å². The van der Waals surface area contributed by atoms with Crippen molar-refractivity contribution in [2.24, 2.45) is 5.92 Å². The molecule has 0 aliphatic rings. The predicted octanol–water partition coefficient (Wildman–Crippen LogP) is 0.734. The van der Waals surface area contributed by atoms with Crippen LogP contribution in [0.2, 0.25) is 0 Å². The first-order chi connectivity index (χ1) is 9.30. The van der Waals surface area contributed by atoms with Gasteiger partial charge in [0.05, 0.1) is 31.6 Å². The van der Waals surface area contributed by atoms with Crippen LogP contribution < -0.4 is 9.47 Å². The third-order valence-electron chi connectivity index (χ3n) is 2.65. The maximum Gasteiger partial charge on any atom is 0.307 e. The molecule has 1 unspecified atom stereocenters. The number of pyridine rings is 1. The molecule has 1 rings (SSSR count). The maximum atomic E-state index is 12.0. The second-order valence-electron chi connectivity index (χ2n) is 4.29. The van der Waals surface area contributed by atoms with E-state index < -0.39 is 33.2 Å². The number of hydrogen-bond donors (Lipinski definition) is 1. The molecule has 1 aromatic heterocycles. The number of rotatable bonds is 7. The molecule has 0 amide bonds. The van der Waals surface area contributed by atoms with Crippen molar-refractivity contribution in [3.8, 4) is 11.5 Å². The van der Waals surface area contributed by atoms with E-state index in [-0.39, 0.29) is 11.4 Å². The summed E-state index contributed by atoms with van der Waals surface area (Å²) in [6.07, 6.45) is 1.41. The van der Waals surface area contributed by atoms with E-state index in [0.29, 0.717) is 5.75 Å². The van der Waals surface area contributed by atoms with Crippen molar-refractivity contribution in [3.63, 3.8) is 0 Å². The predicted molar refractivity (Wildman–Crippen MR) is 71.6 cm³/mol. The number of carboxylic acid groups (broad SMARTS) is 1. The number of hydrogen-bond acceptors (Lipinski definition) is 6. The van der Waals surface area contributed by atoms with Gasteiger partial charge in [-0.25, -0.2) is 8.42 Å². The fourth-order valence-corrected chi connectivity index (χ4v) is 3.32. The molecule has 0 fully saturated rings. The summed E-state index contributed by atoms with van der Waals surface area (Å²) in [7, 11) is -0.798. The number of nitrogens with zero attached hydrogens (tertiary/aromatic N) is 1. The largest absolute Gasteiger partial charge is 0.493 e. The molecular formula is C12H17NO6S. The van der Waals surface area contributed by atoms with Crippen LogP contribution in [0.25, 0.3) is 0 Å². The zero-order chi connectivity index (χ0) is 15.3. The number of aliphatic carboxylic acids is 1. The maximum absolute atomic E-state index is 12.0. The molecule has 7 nitrogen and oxygen atoms in total. The summed E-state index contributed by atoms with van der Waals surface area (Å²) in [6.45, 7) is 1.34. The van der Waals surface area contributed by atoms with E-state index in [2.05, 4.69) is 4.98 Å². The van der Waals surface area contributed by atoms with Gasteiger partial charge in [-0.3, -0.25) is 9.78 Å². The lowest BCUT2D eigenvalue weighted by atomic mass is 10.2. The lowest BCUT2D eigenvalue weighted by Gasteiger charge is -2.12. The van der Waals surface area contributed by atoms with Crippen molar-refractivity contribution in [1.29, 1.82) is 0 Å². The minimum absolute atomic E-state index is 0.199. The Morgan fingerprint density at radius 3 is 2.55 bits per heavy atom. The molecule has 0 saturated carbocycles. The highest BCUT2D eigenvalue weighted by atomic mass is 32.2.